The average Bonchev–Trinajstić information content (AvgIpc) is 3.25. The van der Waals surface area contributed by atoms with E-state index < -0.39 is 83.5 Å². The Hall–Kier alpha value is -3.33. The van der Waals surface area contributed by atoms with Crippen LogP contribution in [0.4, 0.5) is 0 Å². The van der Waals surface area contributed by atoms with Crippen LogP contribution >= 0.6 is 0 Å². The second-order valence-electron chi connectivity index (χ2n) is 19.0. The van der Waals surface area contributed by atoms with E-state index in [1.165, 1.54) is 11.0 Å². The number of ether oxygens (including phenoxy) is 3. The van der Waals surface area contributed by atoms with Crippen molar-refractivity contribution in [1.29, 1.82) is 0 Å². The Bertz CT molecular complexity index is 1680. The molecule has 1 amide bonds. The van der Waals surface area contributed by atoms with Gasteiger partial charge in [-0.3, -0.25) is 19.2 Å². The highest BCUT2D eigenvalue weighted by atomic mass is 16.6. The first-order valence-corrected chi connectivity index (χ1v) is 23.1. The van der Waals surface area contributed by atoms with Gasteiger partial charge in [-0.25, -0.2) is 4.79 Å². The Morgan fingerprint density at radius 3 is 2.23 bits per heavy atom. The first-order valence-electron chi connectivity index (χ1n) is 23.1. The van der Waals surface area contributed by atoms with Crippen LogP contribution in [-0.2, 0) is 38.2 Å². The van der Waals surface area contributed by atoms with Crippen LogP contribution < -0.4 is 0 Å². The van der Waals surface area contributed by atoms with Crippen molar-refractivity contribution in [3.63, 3.8) is 0 Å². The molecule has 13 heteroatoms. The summed E-state index contributed by atoms with van der Waals surface area (Å²) in [6.45, 7) is 12.5. The molecule has 0 aromatic rings. The van der Waals surface area contributed by atoms with Crippen molar-refractivity contribution in [3.8, 4) is 0 Å². The number of ketones is 3. The van der Waals surface area contributed by atoms with Gasteiger partial charge in [0.2, 0.25) is 5.79 Å². The van der Waals surface area contributed by atoms with Crippen molar-refractivity contribution in [3.05, 3.63) is 47.6 Å². The van der Waals surface area contributed by atoms with Crippen molar-refractivity contribution in [2.24, 2.45) is 35.5 Å². The lowest BCUT2D eigenvalue weighted by molar-refractivity contribution is -0.265. The van der Waals surface area contributed by atoms with E-state index in [0.717, 1.165) is 18.4 Å². The Morgan fingerprint density at radius 1 is 0.855 bits per heavy atom. The smallest absolute Gasteiger partial charge is 0.329 e. The third-order valence-electron chi connectivity index (χ3n) is 13.9. The molecule has 4 aliphatic rings. The van der Waals surface area contributed by atoms with Gasteiger partial charge in [0.1, 0.15) is 30.1 Å². The van der Waals surface area contributed by atoms with Crippen LogP contribution in [0.5, 0.6) is 0 Å². The molecule has 3 heterocycles. The predicted molar refractivity (Wildman–Crippen MR) is 234 cm³/mol. The third kappa shape index (κ3) is 13.6. The van der Waals surface area contributed by atoms with E-state index in [9.17, 15) is 44.4 Å². The molecule has 0 aromatic carbocycles. The molecule has 4 rings (SSSR count). The number of amides is 1. The van der Waals surface area contributed by atoms with E-state index in [0.29, 0.717) is 57.8 Å². The lowest BCUT2D eigenvalue weighted by atomic mass is 9.79. The molecule has 0 aromatic heterocycles. The number of esters is 1. The van der Waals surface area contributed by atoms with E-state index in [1.54, 1.807) is 34.8 Å². The second-order valence-corrected chi connectivity index (χ2v) is 19.0. The fourth-order valence-corrected chi connectivity index (χ4v) is 9.61. The second kappa shape index (κ2) is 23.6. The number of aliphatic hydroxyl groups is 4. The lowest BCUT2D eigenvalue weighted by Crippen LogP contribution is -2.61. The Labute approximate surface area is 369 Å². The SMILES string of the molecule is CO[C@H]1CC2CC[C@@H](C)[C@@](O)(O2)C(=O)C(=O)N2CCCC[C@H]2C(=O)O[C@H]([C@@H](C)CC2CCC(O)CC2)CC(=O)[C@@H](C)/C=C(\C)[C@H](O)[C@H](O)C(=O)[C@@H](C)C[C@H](C)/C=C/C=C/C=C/1C. The summed E-state index contributed by atoms with van der Waals surface area (Å²) in [5.74, 6) is -8.23. The Balaban J connectivity index is 1.68. The number of cyclic esters (lactones) is 1. The molecule has 0 radical (unpaired) electrons. The van der Waals surface area contributed by atoms with Crippen molar-refractivity contribution in [2.75, 3.05) is 13.7 Å². The molecule has 0 spiro atoms. The first-order chi connectivity index (χ1) is 29.3. The van der Waals surface area contributed by atoms with Crippen LogP contribution in [0.3, 0.4) is 0 Å². The summed E-state index contributed by atoms with van der Waals surface area (Å²) < 4.78 is 18.1. The zero-order valence-corrected chi connectivity index (χ0v) is 38.4. The molecule has 2 saturated heterocycles. The zero-order valence-electron chi connectivity index (χ0n) is 38.4. The molecule has 1 unspecified atom stereocenters. The molecule has 4 N–H and O–H groups in total. The predicted octanol–water partition coefficient (Wildman–Crippen LogP) is 5.90. The molecule has 12 atom stereocenters. The standard InChI is InChI=1S/C49H75NO12/c1-29-14-10-9-11-15-30(2)41(60-8)27-38-22-17-35(7)49(59,62-38)46(56)47(57)50-23-13-12-16-39(50)48(58)61-42(32(4)26-36-18-20-37(51)21-19-36)28-40(52)31(3)25-34(6)44(54)45(55)43(53)33(5)24-29/h9-11,14-15,25,29,31-33,35-39,41-42,44-45,51,54-55,59H,12-13,16-24,26-28H2,1-8H3/b11-9+,14-10+,30-15+,34-25+/t29-,31+,32+,33+,35-,36?,37?,38?,39+,41+,42+,44+,45-,49-/m1/s1. The number of allylic oxidation sites excluding steroid dienone is 6. The number of nitrogens with zero attached hydrogens (tertiary/aromatic N) is 1. The van der Waals surface area contributed by atoms with E-state index in [1.807, 2.05) is 51.2 Å². The van der Waals surface area contributed by atoms with E-state index >= 15 is 0 Å². The van der Waals surface area contributed by atoms with Gasteiger partial charge >= 0.3 is 5.97 Å². The van der Waals surface area contributed by atoms with E-state index in [-0.39, 0.29) is 54.6 Å². The molecule has 3 fully saturated rings. The number of Topliss-reactive ketones (excluding diaryl/α,β-unsaturated/α-hetero) is 3. The van der Waals surface area contributed by atoms with Gasteiger partial charge < -0.3 is 39.5 Å². The number of hydrogen-bond acceptors (Lipinski definition) is 12. The molecule has 3 aliphatic heterocycles. The van der Waals surface area contributed by atoms with Gasteiger partial charge in [-0.05, 0) is 113 Å². The molecule has 62 heavy (non-hydrogen) atoms. The minimum Gasteiger partial charge on any atom is -0.460 e. The molecule has 13 nitrogen and oxygen atoms in total. The number of piperidine rings is 1. The van der Waals surface area contributed by atoms with Crippen molar-refractivity contribution in [2.45, 2.75) is 180 Å². The summed E-state index contributed by atoms with van der Waals surface area (Å²) in [4.78, 5) is 70.9. The third-order valence-corrected chi connectivity index (χ3v) is 13.9. The highest BCUT2D eigenvalue weighted by Crippen LogP contribution is 2.37. The minimum atomic E-state index is -2.42. The molecule has 2 bridgehead atoms. The monoisotopic (exact) mass is 870 g/mol. The summed E-state index contributed by atoms with van der Waals surface area (Å²) in [6.07, 6.45) is 11.8. The van der Waals surface area contributed by atoms with Crippen LogP contribution in [0.15, 0.2) is 47.6 Å². The number of hydrogen-bond donors (Lipinski definition) is 4. The summed E-state index contributed by atoms with van der Waals surface area (Å²) in [6, 6.07) is -1.13. The van der Waals surface area contributed by atoms with Gasteiger partial charge in [0.25, 0.3) is 11.7 Å². The van der Waals surface area contributed by atoms with Gasteiger partial charge in [0.15, 0.2) is 5.78 Å². The largest absolute Gasteiger partial charge is 0.460 e. The van der Waals surface area contributed by atoms with Crippen LogP contribution in [0.25, 0.3) is 0 Å². The number of methoxy groups -OCH3 is 1. The summed E-state index contributed by atoms with van der Waals surface area (Å²) in [5.41, 5.74) is 1.13. The zero-order chi connectivity index (χ0) is 45.9. The normalized spacial score (nSPS) is 40.6. The van der Waals surface area contributed by atoms with Crippen LogP contribution in [0.1, 0.15) is 132 Å². The van der Waals surface area contributed by atoms with Crippen LogP contribution in [-0.4, -0.2) is 117 Å². The van der Waals surface area contributed by atoms with Crippen molar-refractivity contribution < 1.29 is 58.6 Å². The average molecular weight is 870 g/mol. The van der Waals surface area contributed by atoms with Gasteiger partial charge in [-0.1, -0.05) is 71.1 Å². The molecule has 348 valence electrons. The Morgan fingerprint density at radius 2 is 1.55 bits per heavy atom. The molecule has 1 saturated carbocycles. The number of carbonyl (C=O) groups is 5. The summed E-state index contributed by atoms with van der Waals surface area (Å²) >= 11 is 0. The first kappa shape index (κ1) is 51.3. The maximum absolute atomic E-state index is 14.2. The Kier molecular flexibility index (Phi) is 19.5. The van der Waals surface area contributed by atoms with Gasteiger partial charge in [0.05, 0.1) is 18.3 Å². The van der Waals surface area contributed by atoms with E-state index in [2.05, 4.69) is 0 Å². The molecular formula is C49H75NO12. The van der Waals surface area contributed by atoms with Crippen molar-refractivity contribution >= 4 is 29.2 Å². The van der Waals surface area contributed by atoms with Crippen LogP contribution in [0, 0.1) is 35.5 Å². The highest BCUT2D eigenvalue weighted by Gasteiger charge is 2.53. The quantitative estimate of drug-likeness (QED) is 0.149. The lowest BCUT2D eigenvalue weighted by Gasteiger charge is -2.42. The van der Waals surface area contributed by atoms with Gasteiger partial charge in [-0.2, -0.15) is 0 Å². The molecule has 1 aliphatic carbocycles. The maximum atomic E-state index is 14.2. The fourth-order valence-electron chi connectivity index (χ4n) is 9.61. The number of rotatable bonds is 4. The van der Waals surface area contributed by atoms with Gasteiger partial charge in [-0.15, -0.1) is 0 Å². The van der Waals surface area contributed by atoms with Gasteiger partial charge in [0, 0.05) is 44.2 Å². The number of fused-ring (bicyclic) bond motifs is 3. The highest BCUT2D eigenvalue weighted by molar-refractivity contribution is 6.39. The maximum Gasteiger partial charge on any atom is 0.329 e. The minimum absolute atomic E-state index is 0.0286. The van der Waals surface area contributed by atoms with Crippen molar-refractivity contribution in [1.82, 2.24) is 4.90 Å². The van der Waals surface area contributed by atoms with Crippen LogP contribution in [0.2, 0.25) is 0 Å². The van der Waals surface area contributed by atoms with E-state index in [4.69, 9.17) is 14.2 Å². The number of aliphatic hydroxyl groups excluding tert-OH is 3. The topological polar surface area (TPSA) is 197 Å². The number of carbonyl (C=O) groups excluding carboxylic acids is 5. The summed E-state index contributed by atoms with van der Waals surface area (Å²) in [5, 5.41) is 44.1. The summed E-state index contributed by atoms with van der Waals surface area (Å²) in [7, 11) is 1.57. The molecular weight excluding hydrogens is 795 g/mol. The fraction of sp³-hybridized carbons (Fsp3) is 0.735.